The second-order valence-corrected chi connectivity index (χ2v) is 6.68. The van der Waals surface area contributed by atoms with E-state index in [4.69, 9.17) is 9.15 Å². The van der Waals surface area contributed by atoms with E-state index in [1.807, 2.05) is 52.0 Å². The van der Waals surface area contributed by atoms with Gasteiger partial charge >= 0.3 is 6.03 Å². The van der Waals surface area contributed by atoms with Crippen LogP contribution in [-0.2, 0) is 16.7 Å². The number of benzene rings is 1. The Kier molecular flexibility index (Phi) is 5.62. The molecular formula is C18H25N3O3. The second kappa shape index (κ2) is 7.49. The summed E-state index contributed by atoms with van der Waals surface area (Å²) in [6, 6.07) is 7.24. The number of carbonyl (C=O) groups excluding carboxylic acids is 1. The Hall–Kier alpha value is -2.34. The van der Waals surface area contributed by atoms with Gasteiger partial charge in [0.15, 0.2) is 0 Å². The van der Waals surface area contributed by atoms with Crippen molar-refractivity contribution >= 4 is 11.7 Å². The molecule has 0 spiro atoms. The third kappa shape index (κ3) is 4.83. The van der Waals surface area contributed by atoms with Gasteiger partial charge in [-0.1, -0.05) is 32.9 Å². The molecule has 24 heavy (non-hydrogen) atoms. The number of nitrogens with one attached hydrogen (secondary N) is 2. The Labute approximate surface area is 142 Å². The Morgan fingerprint density at radius 1 is 1.38 bits per heavy atom. The molecule has 2 aromatic rings. The molecule has 2 N–H and O–H groups in total. The lowest BCUT2D eigenvalue weighted by atomic mass is 9.94. The molecule has 0 aliphatic heterocycles. The average Bonchev–Trinajstić information content (AvgIpc) is 3.01. The van der Waals surface area contributed by atoms with E-state index in [0.717, 1.165) is 11.3 Å². The van der Waals surface area contributed by atoms with Gasteiger partial charge in [0.1, 0.15) is 5.76 Å². The fourth-order valence-corrected chi connectivity index (χ4v) is 2.08. The molecule has 0 aliphatic carbocycles. The number of anilines is 1. The number of aromatic nitrogens is 1. The quantitative estimate of drug-likeness (QED) is 0.868. The summed E-state index contributed by atoms with van der Waals surface area (Å²) < 4.78 is 10.9. The Balaban J connectivity index is 1.91. The highest BCUT2D eigenvalue weighted by Gasteiger charge is 2.19. The second-order valence-electron chi connectivity index (χ2n) is 6.68. The largest absolute Gasteiger partial charge is 0.443 e. The molecule has 130 valence electrons. The summed E-state index contributed by atoms with van der Waals surface area (Å²) in [6.07, 6.45) is 1.67. The first-order valence-electron chi connectivity index (χ1n) is 7.92. The van der Waals surface area contributed by atoms with Gasteiger partial charge in [-0.3, -0.25) is 0 Å². The molecule has 6 heteroatoms. The smallest absolute Gasteiger partial charge is 0.319 e. The molecule has 0 radical (unpaired) electrons. The normalized spacial score (nSPS) is 12.7. The molecule has 1 aromatic carbocycles. The van der Waals surface area contributed by atoms with E-state index in [1.165, 1.54) is 0 Å². The summed E-state index contributed by atoms with van der Waals surface area (Å²) in [4.78, 5) is 16.2. The van der Waals surface area contributed by atoms with Crippen molar-refractivity contribution in [3.63, 3.8) is 0 Å². The van der Waals surface area contributed by atoms with E-state index in [0.29, 0.717) is 11.6 Å². The summed E-state index contributed by atoms with van der Waals surface area (Å²) in [7, 11) is 1.65. The fourth-order valence-electron chi connectivity index (χ4n) is 2.08. The topological polar surface area (TPSA) is 76.4 Å². The van der Waals surface area contributed by atoms with Crippen molar-refractivity contribution in [3.8, 4) is 0 Å². The number of amides is 2. The zero-order chi connectivity index (χ0) is 17.7. The van der Waals surface area contributed by atoms with Crippen LogP contribution in [0.5, 0.6) is 0 Å². The van der Waals surface area contributed by atoms with E-state index in [2.05, 4.69) is 15.6 Å². The fraction of sp³-hybridized carbons (Fsp3) is 0.444. The van der Waals surface area contributed by atoms with Gasteiger partial charge in [0.2, 0.25) is 5.89 Å². The average molecular weight is 331 g/mol. The van der Waals surface area contributed by atoms with Gasteiger partial charge in [-0.2, -0.15) is 0 Å². The lowest BCUT2D eigenvalue weighted by Crippen LogP contribution is -2.28. The van der Waals surface area contributed by atoms with Crippen molar-refractivity contribution in [1.29, 1.82) is 0 Å². The molecule has 0 bridgehead atoms. The summed E-state index contributed by atoms with van der Waals surface area (Å²) in [5.74, 6) is 1.28. The van der Waals surface area contributed by atoms with Crippen LogP contribution < -0.4 is 10.6 Å². The molecular weight excluding hydrogens is 306 g/mol. The van der Waals surface area contributed by atoms with Gasteiger partial charge in [0.05, 0.1) is 18.8 Å². The van der Waals surface area contributed by atoms with Gasteiger partial charge in [-0.05, 0) is 24.6 Å². The molecule has 1 atom stereocenters. The van der Waals surface area contributed by atoms with Crippen LogP contribution in [0.4, 0.5) is 10.5 Å². The number of nitrogens with zero attached hydrogens (tertiary/aromatic N) is 1. The van der Waals surface area contributed by atoms with Crippen LogP contribution in [0, 0.1) is 0 Å². The summed E-state index contributed by atoms with van der Waals surface area (Å²) in [5, 5.41) is 5.53. The van der Waals surface area contributed by atoms with Crippen LogP contribution in [-0.4, -0.2) is 18.1 Å². The van der Waals surface area contributed by atoms with Crippen molar-refractivity contribution in [2.45, 2.75) is 45.8 Å². The minimum Gasteiger partial charge on any atom is -0.443 e. The van der Waals surface area contributed by atoms with E-state index >= 15 is 0 Å². The number of carbonyl (C=O) groups is 1. The van der Waals surface area contributed by atoms with Crippen molar-refractivity contribution in [2.24, 2.45) is 0 Å². The highest BCUT2D eigenvalue weighted by Crippen LogP contribution is 2.22. The van der Waals surface area contributed by atoms with Crippen molar-refractivity contribution in [1.82, 2.24) is 10.3 Å². The number of hydrogen-bond donors (Lipinski definition) is 2. The molecule has 6 nitrogen and oxygen atoms in total. The van der Waals surface area contributed by atoms with E-state index in [-0.39, 0.29) is 24.1 Å². The predicted molar refractivity (Wildman–Crippen MR) is 92.9 cm³/mol. The Morgan fingerprint density at radius 3 is 2.75 bits per heavy atom. The highest BCUT2D eigenvalue weighted by molar-refractivity contribution is 5.89. The molecule has 0 saturated carbocycles. The first-order valence-corrected chi connectivity index (χ1v) is 7.92. The third-order valence-electron chi connectivity index (χ3n) is 3.66. The number of methoxy groups -OCH3 is 1. The predicted octanol–water partition coefficient (Wildman–Crippen LogP) is 4.00. The maximum atomic E-state index is 12.0. The van der Waals surface area contributed by atoms with Crippen LogP contribution in [0.2, 0.25) is 0 Å². The molecule has 0 aliphatic rings. The molecule has 2 rings (SSSR count). The minimum absolute atomic E-state index is 0.0297. The van der Waals surface area contributed by atoms with E-state index in [1.54, 1.807) is 13.3 Å². The summed E-state index contributed by atoms with van der Waals surface area (Å²) in [5.41, 5.74) is 1.60. The lowest BCUT2D eigenvalue weighted by molar-refractivity contribution is 0.119. The SMILES string of the molecule is CO[C@@H](C)c1cccc(NC(=O)NCc2ncc(C(C)(C)C)o2)c1. The number of ether oxygens (including phenoxy) is 1. The number of rotatable bonds is 5. The number of hydrogen-bond acceptors (Lipinski definition) is 4. The minimum atomic E-state index is -0.312. The van der Waals surface area contributed by atoms with Crippen LogP contribution in [0.1, 0.15) is 51.0 Å². The van der Waals surface area contributed by atoms with Crippen LogP contribution in [0.3, 0.4) is 0 Å². The first-order chi connectivity index (χ1) is 11.3. The van der Waals surface area contributed by atoms with E-state index in [9.17, 15) is 4.79 Å². The Morgan fingerprint density at radius 2 is 2.12 bits per heavy atom. The summed E-state index contributed by atoms with van der Waals surface area (Å²) >= 11 is 0. The summed E-state index contributed by atoms with van der Waals surface area (Å²) in [6.45, 7) is 8.33. The van der Waals surface area contributed by atoms with Crippen molar-refractivity contribution in [3.05, 3.63) is 47.7 Å². The number of oxazole rings is 1. The van der Waals surface area contributed by atoms with Gasteiger partial charge in [0.25, 0.3) is 0 Å². The maximum Gasteiger partial charge on any atom is 0.319 e. The lowest BCUT2D eigenvalue weighted by Gasteiger charge is -2.13. The number of urea groups is 1. The van der Waals surface area contributed by atoms with E-state index < -0.39 is 0 Å². The first kappa shape index (κ1) is 18.0. The van der Waals surface area contributed by atoms with Gasteiger partial charge in [0, 0.05) is 18.2 Å². The molecule has 2 amide bonds. The van der Waals surface area contributed by atoms with Gasteiger partial charge in [-0.15, -0.1) is 0 Å². The van der Waals surface area contributed by atoms with Crippen molar-refractivity contribution in [2.75, 3.05) is 12.4 Å². The molecule has 0 saturated heterocycles. The maximum absolute atomic E-state index is 12.0. The molecule has 1 aromatic heterocycles. The zero-order valence-electron chi connectivity index (χ0n) is 14.8. The van der Waals surface area contributed by atoms with Gasteiger partial charge in [-0.25, -0.2) is 9.78 Å². The third-order valence-corrected chi connectivity index (χ3v) is 3.66. The van der Waals surface area contributed by atoms with Crippen LogP contribution in [0.15, 0.2) is 34.9 Å². The van der Waals surface area contributed by atoms with Crippen molar-refractivity contribution < 1.29 is 13.9 Å². The highest BCUT2D eigenvalue weighted by atomic mass is 16.5. The standard InChI is InChI=1S/C18H25N3O3/c1-12(23-5)13-7-6-8-14(9-13)21-17(22)20-11-16-19-10-15(24-16)18(2,3)4/h6-10,12H,11H2,1-5H3,(H2,20,21,22)/t12-/m0/s1. The molecule has 1 heterocycles. The molecule has 0 fully saturated rings. The Bertz CT molecular complexity index is 689. The molecule has 0 unspecified atom stereocenters. The van der Waals surface area contributed by atoms with Crippen LogP contribution >= 0.6 is 0 Å². The van der Waals surface area contributed by atoms with Gasteiger partial charge < -0.3 is 19.8 Å². The van der Waals surface area contributed by atoms with Crippen LogP contribution in [0.25, 0.3) is 0 Å². The monoisotopic (exact) mass is 331 g/mol. The zero-order valence-corrected chi connectivity index (χ0v) is 14.8.